The Hall–Kier alpha value is -3.40. The van der Waals surface area contributed by atoms with E-state index >= 15 is 0 Å². The van der Waals surface area contributed by atoms with Crippen LogP contribution < -0.4 is 9.62 Å². The van der Waals surface area contributed by atoms with Gasteiger partial charge in [-0.1, -0.05) is 73.1 Å². The van der Waals surface area contributed by atoms with Gasteiger partial charge in [-0.25, -0.2) is 4.31 Å². The van der Waals surface area contributed by atoms with E-state index in [0.29, 0.717) is 22.8 Å². The summed E-state index contributed by atoms with van der Waals surface area (Å²) >= 11 is 6.26. The second-order valence-corrected chi connectivity index (χ2v) is 12.7. The third-order valence-electron chi connectivity index (χ3n) is 6.71. The predicted octanol–water partition coefficient (Wildman–Crippen LogP) is 4.74. The van der Waals surface area contributed by atoms with Crippen LogP contribution in [0.5, 0.6) is 0 Å². The maximum Gasteiger partial charge on any atom is 0.304 e. The summed E-state index contributed by atoms with van der Waals surface area (Å²) in [6.45, 7) is 5.65. The molecule has 0 spiro atoms. The predicted molar refractivity (Wildman–Crippen MR) is 165 cm³/mol. The van der Waals surface area contributed by atoms with E-state index in [2.05, 4.69) is 5.32 Å². The van der Waals surface area contributed by atoms with Gasteiger partial charge in [0.15, 0.2) is 0 Å². The highest BCUT2D eigenvalue weighted by Crippen LogP contribution is 2.26. The van der Waals surface area contributed by atoms with Crippen molar-refractivity contribution in [2.75, 3.05) is 31.5 Å². The van der Waals surface area contributed by atoms with E-state index in [0.717, 1.165) is 31.7 Å². The molecule has 1 N–H and O–H groups in total. The molecule has 0 bridgehead atoms. The standard InChI is InChI=1S/C31H39ClN4O4S/c1-6-17-33-31(38)29(20-25-11-8-7-9-12-25)35(21-26-13-10-14-27(32)19-26)30(37)22-36(41(39,40)34(4)5)28-18-23(2)15-16-24(28)3/h7-16,18-19,29H,6,17,20-22H2,1-5H3,(H,33,38)/t29-/m1/s1. The van der Waals surface area contributed by atoms with Crippen molar-refractivity contribution in [3.8, 4) is 0 Å². The number of benzene rings is 3. The van der Waals surface area contributed by atoms with Gasteiger partial charge in [-0.15, -0.1) is 0 Å². The minimum atomic E-state index is -4.06. The Morgan fingerprint density at radius 2 is 1.61 bits per heavy atom. The molecule has 0 aliphatic heterocycles. The van der Waals surface area contributed by atoms with Gasteiger partial charge in [-0.2, -0.15) is 12.7 Å². The Kier molecular flexibility index (Phi) is 11.3. The molecule has 8 nitrogen and oxygen atoms in total. The number of carbonyl (C=O) groups excluding carboxylic acids is 2. The van der Waals surface area contributed by atoms with E-state index in [9.17, 15) is 18.0 Å². The second kappa shape index (κ2) is 14.5. The summed E-state index contributed by atoms with van der Waals surface area (Å²) in [6, 6.07) is 21.1. The highest BCUT2D eigenvalue weighted by Gasteiger charge is 2.35. The highest BCUT2D eigenvalue weighted by molar-refractivity contribution is 7.90. The van der Waals surface area contributed by atoms with Crippen molar-refractivity contribution in [1.82, 2.24) is 14.5 Å². The molecule has 220 valence electrons. The largest absolute Gasteiger partial charge is 0.354 e. The smallest absolute Gasteiger partial charge is 0.304 e. The molecule has 0 aliphatic carbocycles. The molecule has 0 fully saturated rings. The summed E-state index contributed by atoms with van der Waals surface area (Å²) in [4.78, 5) is 29.3. The summed E-state index contributed by atoms with van der Waals surface area (Å²) in [5.74, 6) is -0.816. The van der Waals surface area contributed by atoms with Crippen LogP contribution in [0.2, 0.25) is 5.02 Å². The molecule has 0 saturated heterocycles. The molecular weight excluding hydrogens is 560 g/mol. The summed E-state index contributed by atoms with van der Waals surface area (Å²) in [7, 11) is -1.20. The quantitative estimate of drug-likeness (QED) is 0.308. The van der Waals surface area contributed by atoms with E-state index in [1.807, 2.05) is 62.4 Å². The fourth-order valence-electron chi connectivity index (χ4n) is 4.44. The maximum absolute atomic E-state index is 14.3. The van der Waals surface area contributed by atoms with Gasteiger partial charge in [0.05, 0.1) is 5.69 Å². The summed E-state index contributed by atoms with van der Waals surface area (Å²) in [6.07, 6.45) is 0.986. The number of anilines is 1. The van der Waals surface area contributed by atoms with E-state index in [1.54, 1.807) is 31.2 Å². The van der Waals surface area contributed by atoms with E-state index in [1.165, 1.54) is 19.0 Å². The average molecular weight is 599 g/mol. The van der Waals surface area contributed by atoms with Crippen LogP contribution in [0.25, 0.3) is 0 Å². The first-order valence-corrected chi connectivity index (χ1v) is 15.3. The molecule has 3 aromatic carbocycles. The van der Waals surface area contributed by atoms with Gasteiger partial charge in [0.25, 0.3) is 0 Å². The van der Waals surface area contributed by atoms with E-state index < -0.39 is 28.7 Å². The molecule has 1 atom stereocenters. The van der Waals surface area contributed by atoms with Crippen LogP contribution in [0.4, 0.5) is 5.69 Å². The number of nitrogens with zero attached hydrogens (tertiary/aromatic N) is 3. The molecule has 0 unspecified atom stereocenters. The van der Waals surface area contributed by atoms with Crippen LogP contribution >= 0.6 is 11.6 Å². The van der Waals surface area contributed by atoms with Crippen LogP contribution in [0.1, 0.15) is 35.6 Å². The number of carbonyl (C=O) groups is 2. The molecule has 3 aromatic rings. The van der Waals surface area contributed by atoms with Crippen LogP contribution in [0.15, 0.2) is 72.8 Å². The van der Waals surface area contributed by atoms with Crippen molar-refractivity contribution in [3.05, 3.63) is 100 Å². The summed E-state index contributed by atoms with van der Waals surface area (Å²) in [5.41, 5.74) is 3.57. The van der Waals surface area contributed by atoms with Crippen LogP contribution in [-0.2, 0) is 32.8 Å². The number of nitrogens with one attached hydrogen (secondary N) is 1. The topological polar surface area (TPSA) is 90.0 Å². The third kappa shape index (κ3) is 8.55. The Balaban J connectivity index is 2.12. The molecule has 10 heteroatoms. The van der Waals surface area contributed by atoms with Gasteiger partial charge in [0.1, 0.15) is 12.6 Å². The number of hydrogen-bond donors (Lipinski definition) is 1. The zero-order valence-corrected chi connectivity index (χ0v) is 25.9. The third-order valence-corrected chi connectivity index (χ3v) is 8.76. The van der Waals surface area contributed by atoms with Crippen LogP contribution in [0.3, 0.4) is 0 Å². The molecule has 2 amide bonds. The highest BCUT2D eigenvalue weighted by atomic mass is 35.5. The fourth-order valence-corrected chi connectivity index (χ4v) is 5.77. The number of halogens is 1. The van der Waals surface area contributed by atoms with Gasteiger partial charge in [0, 0.05) is 38.6 Å². The molecule has 0 aromatic heterocycles. The number of amides is 2. The molecule has 0 heterocycles. The van der Waals surface area contributed by atoms with Crippen molar-refractivity contribution < 1.29 is 18.0 Å². The van der Waals surface area contributed by atoms with Crippen molar-refractivity contribution in [1.29, 1.82) is 0 Å². The Morgan fingerprint density at radius 1 is 0.927 bits per heavy atom. The van der Waals surface area contributed by atoms with Crippen molar-refractivity contribution in [2.24, 2.45) is 0 Å². The van der Waals surface area contributed by atoms with E-state index in [4.69, 9.17) is 11.6 Å². The zero-order valence-electron chi connectivity index (χ0n) is 24.3. The molecule has 0 saturated carbocycles. The number of rotatable bonds is 13. The second-order valence-electron chi connectivity index (χ2n) is 10.2. The first-order valence-electron chi connectivity index (χ1n) is 13.6. The Labute approximate surface area is 249 Å². The lowest BCUT2D eigenvalue weighted by atomic mass is 10.0. The van der Waals surface area contributed by atoms with Crippen molar-refractivity contribution >= 4 is 39.3 Å². The van der Waals surface area contributed by atoms with Crippen LogP contribution in [0, 0.1) is 13.8 Å². The number of hydrogen-bond acceptors (Lipinski definition) is 4. The van der Waals surface area contributed by atoms with Gasteiger partial charge < -0.3 is 10.2 Å². The first kappa shape index (κ1) is 32.1. The first-order chi connectivity index (χ1) is 19.4. The Bertz CT molecular complexity index is 1450. The molecule has 41 heavy (non-hydrogen) atoms. The van der Waals surface area contributed by atoms with Crippen molar-refractivity contribution in [3.63, 3.8) is 0 Å². The van der Waals surface area contributed by atoms with Gasteiger partial charge >= 0.3 is 10.2 Å². The monoisotopic (exact) mass is 598 g/mol. The summed E-state index contributed by atoms with van der Waals surface area (Å²) < 4.78 is 29.4. The SMILES string of the molecule is CCCNC(=O)[C@@H](Cc1ccccc1)N(Cc1cccc(Cl)c1)C(=O)CN(c1cc(C)ccc1C)S(=O)(=O)N(C)C. The van der Waals surface area contributed by atoms with Gasteiger partial charge in [-0.05, 0) is 60.7 Å². The minimum Gasteiger partial charge on any atom is -0.354 e. The lowest BCUT2D eigenvalue weighted by molar-refractivity contribution is -0.140. The molecule has 0 aliphatic rings. The lowest BCUT2D eigenvalue weighted by Crippen LogP contribution is -2.54. The van der Waals surface area contributed by atoms with Crippen LogP contribution in [-0.4, -0.2) is 62.7 Å². The molecular formula is C31H39ClN4O4S. The summed E-state index contributed by atoms with van der Waals surface area (Å²) in [5, 5.41) is 3.43. The molecule has 3 rings (SSSR count). The lowest BCUT2D eigenvalue weighted by Gasteiger charge is -2.35. The minimum absolute atomic E-state index is 0.0685. The zero-order chi connectivity index (χ0) is 30.2. The fraction of sp³-hybridized carbons (Fsp3) is 0.355. The van der Waals surface area contributed by atoms with Gasteiger partial charge in [-0.3, -0.25) is 9.59 Å². The number of aryl methyl sites for hydroxylation is 2. The van der Waals surface area contributed by atoms with Crippen molar-refractivity contribution in [2.45, 2.75) is 46.2 Å². The van der Waals surface area contributed by atoms with Gasteiger partial charge in [0.2, 0.25) is 11.8 Å². The average Bonchev–Trinajstić information content (AvgIpc) is 2.94. The maximum atomic E-state index is 14.3. The van der Waals surface area contributed by atoms with E-state index in [-0.39, 0.29) is 18.9 Å². The molecule has 0 radical (unpaired) electrons. The normalized spacial score (nSPS) is 12.2. The Morgan fingerprint density at radius 3 is 2.24 bits per heavy atom.